The molecule has 0 saturated carbocycles. The van der Waals surface area contributed by atoms with Crippen LogP contribution in [0.25, 0.3) is 0 Å². The van der Waals surface area contributed by atoms with Crippen LogP contribution >= 0.6 is 22.9 Å². The fraction of sp³-hybridized carbons (Fsp3) is 0.263. The second-order valence-electron chi connectivity index (χ2n) is 5.81. The minimum atomic E-state index is -0.414. The van der Waals surface area contributed by atoms with Crippen LogP contribution in [0.3, 0.4) is 0 Å². The van der Waals surface area contributed by atoms with Gasteiger partial charge in [0.05, 0.1) is 24.1 Å². The van der Waals surface area contributed by atoms with Crippen LogP contribution in [0.2, 0.25) is 0 Å². The Balaban J connectivity index is 1.80. The number of nitrogens with zero attached hydrogens (tertiary/aromatic N) is 2. The highest BCUT2D eigenvalue weighted by Gasteiger charge is 2.21. The van der Waals surface area contributed by atoms with Crippen LogP contribution in [-0.2, 0) is 11.2 Å². The van der Waals surface area contributed by atoms with E-state index in [9.17, 15) is 9.59 Å². The molecule has 146 valence electrons. The van der Waals surface area contributed by atoms with E-state index in [0.29, 0.717) is 32.9 Å². The van der Waals surface area contributed by atoms with Gasteiger partial charge in [-0.25, -0.2) is 9.78 Å². The van der Waals surface area contributed by atoms with Crippen molar-refractivity contribution >= 4 is 50.6 Å². The number of hydrogen-bond acceptors (Lipinski definition) is 8. The lowest BCUT2D eigenvalue weighted by Gasteiger charge is -2.10. The summed E-state index contributed by atoms with van der Waals surface area (Å²) in [4.78, 5) is 29.3. The average molecular weight is 417 g/mol. The first-order valence-electron chi connectivity index (χ1n) is 8.79. The number of benzene rings is 1. The van der Waals surface area contributed by atoms with Gasteiger partial charge in [0.25, 0.3) is 5.91 Å². The number of thiazole rings is 1. The smallest absolute Gasteiger partial charge is 0.350 e. The Labute approximate surface area is 170 Å². The standard InChI is InChI=1S/C19H20N4O3S2/c1-4-12-8-6-7-9-13(12)21-16(24)15-11(3)23-28-17(15)22-19-20-10-14(27-19)18(25)26-5-2/h6-10H,4-5H2,1-3H3,(H,20,22)(H,21,24). The normalized spacial score (nSPS) is 10.5. The molecule has 2 heterocycles. The van der Waals surface area contributed by atoms with Crippen LogP contribution in [-0.4, -0.2) is 27.8 Å². The number of nitrogens with one attached hydrogen (secondary N) is 2. The van der Waals surface area contributed by atoms with Crippen LogP contribution in [0.1, 0.15) is 45.1 Å². The van der Waals surface area contributed by atoms with Gasteiger partial charge in [0, 0.05) is 5.69 Å². The first-order valence-corrected chi connectivity index (χ1v) is 10.4. The van der Waals surface area contributed by atoms with Crippen molar-refractivity contribution in [3.8, 4) is 0 Å². The maximum atomic E-state index is 12.9. The molecule has 3 aromatic rings. The number of rotatable bonds is 7. The molecule has 2 aromatic heterocycles. The van der Waals surface area contributed by atoms with Crippen LogP contribution in [0, 0.1) is 6.92 Å². The van der Waals surface area contributed by atoms with Crippen molar-refractivity contribution in [2.24, 2.45) is 0 Å². The van der Waals surface area contributed by atoms with Gasteiger partial charge >= 0.3 is 5.97 Å². The molecule has 1 aromatic carbocycles. The molecule has 0 radical (unpaired) electrons. The molecule has 0 fully saturated rings. The Bertz CT molecular complexity index is 997. The Kier molecular flexibility index (Phi) is 6.37. The molecule has 2 N–H and O–H groups in total. The summed E-state index contributed by atoms with van der Waals surface area (Å²) < 4.78 is 9.27. The SMILES string of the molecule is CCOC(=O)c1cnc(Nc2snc(C)c2C(=O)Nc2ccccc2CC)s1. The van der Waals surface area contributed by atoms with Gasteiger partial charge in [0.1, 0.15) is 9.88 Å². The van der Waals surface area contributed by atoms with Crippen molar-refractivity contribution in [3.05, 3.63) is 52.2 Å². The van der Waals surface area contributed by atoms with Gasteiger partial charge in [-0.2, -0.15) is 4.37 Å². The van der Waals surface area contributed by atoms with Crippen molar-refractivity contribution in [1.29, 1.82) is 0 Å². The van der Waals surface area contributed by atoms with E-state index in [1.54, 1.807) is 13.8 Å². The summed E-state index contributed by atoms with van der Waals surface area (Å²) in [7, 11) is 0. The molecule has 7 nitrogen and oxygen atoms in total. The number of carbonyl (C=O) groups is 2. The number of aryl methyl sites for hydroxylation is 2. The molecule has 0 aliphatic carbocycles. The first kappa shape index (κ1) is 20.0. The van der Waals surface area contributed by atoms with Gasteiger partial charge in [-0.1, -0.05) is 36.5 Å². The number of amides is 1. The molecule has 0 unspecified atom stereocenters. The Hall–Kier alpha value is -2.78. The number of esters is 1. The predicted octanol–water partition coefficient (Wildman–Crippen LogP) is 4.64. The largest absolute Gasteiger partial charge is 0.462 e. The lowest BCUT2D eigenvalue weighted by Crippen LogP contribution is -2.15. The molecule has 0 bridgehead atoms. The van der Waals surface area contributed by atoms with Gasteiger partial charge in [-0.05, 0) is 43.4 Å². The highest BCUT2D eigenvalue weighted by Crippen LogP contribution is 2.31. The van der Waals surface area contributed by atoms with E-state index in [1.807, 2.05) is 31.2 Å². The van der Waals surface area contributed by atoms with E-state index in [2.05, 4.69) is 20.0 Å². The molecule has 1 amide bonds. The quantitative estimate of drug-likeness (QED) is 0.545. The molecular weight excluding hydrogens is 396 g/mol. The summed E-state index contributed by atoms with van der Waals surface area (Å²) >= 11 is 2.34. The third kappa shape index (κ3) is 4.37. The van der Waals surface area contributed by atoms with Crippen molar-refractivity contribution in [3.63, 3.8) is 0 Å². The van der Waals surface area contributed by atoms with E-state index in [4.69, 9.17) is 4.74 Å². The Morgan fingerprint density at radius 2 is 2.00 bits per heavy atom. The molecular formula is C19H20N4O3S2. The van der Waals surface area contributed by atoms with Crippen LogP contribution in [0.5, 0.6) is 0 Å². The number of ether oxygens (including phenoxy) is 1. The summed E-state index contributed by atoms with van der Waals surface area (Å²) in [6.07, 6.45) is 2.27. The second-order valence-corrected chi connectivity index (χ2v) is 7.62. The van der Waals surface area contributed by atoms with Gasteiger partial charge in [-0.15, -0.1) is 0 Å². The molecule has 0 atom stereocenters. The van der Waals surface area contributed by atoms with Crippen molar-refractivity contribution in [2.75, 3.05) is 17.2 Å². The lowest BCUT2D eigenvalue weighted by atomic mass is 10.1. The Morgan fingerprint density at radius 3 is 2.75 bits per heavy atom. The minimum Gasteiger partial charge on any atom is -0.462 e. The molecule has 28 heavy (non-hydrogen) atoms. The summed E-state index contributed by atoms with van der Waals surface area (Å²) in [5.41, 5.74) is 2.93. The zero-order valence-electron chi connectivity index (χ0n) is 15.7. The maximum absolute atomic E-state index is 12.9. The van der Waals surface area contributed by atoms with E-state index in [0.717, 1.165) is 17.7 Å². The number of anilines is 3. The molecule has 0 spiro atoms. The van der Waals surface area contributed by atoms with E-state index < -0.39 is 5.97 Å². The average Bonchev–Trinajstić information content (AvgIpc) is 3.29. The minimum absolute atomic E-state index is 0.239. The third-order valence-corrected chi connectivity index (χ3v) is 5.69. The maximum Gasteiger partial charge on any atom is 0.350 e. The van der Waals surface area contributed by atoms with Crippen molar-refractivity contribution in [1.82, 2.24) is 9.36 Å². The Morgan fingerprint density at radius 1 is 1.21 bits per heavy atom. The zero-order valence-corrected chi connectivity index (χ0v) is 17.4. The second kappa shape index (κ2) is 8.94. The van der Waals surface area contributed by atoms with Crippen LogP contribution in [0.15, 0.2) is 30.5 Å². The van der Waals surface area contributed by atoms with E-state index in [1.165, 1.54) is 29.1 Å². The van der Waals surface area contributed by atoms with Crippen LogP contribution in [0.4, 0.5) is 15.8 Å². The van der Waals surface area contributed by atoms with Crippen molar-refractivity contribution < 1.29 is 14.3 Å². The molecule has 3 rings (SSSR count). The van der Waals surface area contributed by atoms with Crippen molar-refractivity contribution in [2.45, 2.75) is 27.2 Å². The molecule has 9 heteroatoms. The first-order chi connectivity index (χ1) is 13.5. The summed E-state index contributed by atoms with van der Waals surface area (Å²) in [6.45, 7) is 5.88. The molecule has 0 aliphatic rings. The fourth-order valence-electron chi connectivity index (χ4n) is 2.58. The topological polar surface area (TPSA) is 93.2 Å². The van der Waals surface area contributed by atoms with Gasteiger partial charge in [0.2, 0.25) is 0 Å². The predicted molar refractivity (Wildman–Crippen MR) is 112 cm³/mol. The highest BCUT2D eigenvalue weighted by atomic mass is 32.1. The number of para-hydroxylation sites is 1. The fourth-order valence-corrected chi connectivity index (χ4v) is 4.16. The summed E-state index contributed by atoms with van der Waals surface area (Å²) in [6, 6.07) is 7.70. The zero-order chi connectivity index (χ0) is 20.1. The molecule has 0 saturated heterocycles. The van der Waals surface area contributed by atoms with E-state index in [-0.39, 0.29) is 5.91 Å². The van der Waals surface area contributed by atoms with Gasteiger partial charge < -0.3 is 15.4 Å². The molecule has 0 aliphatic heterocycles. The monoisotopic (exact) mass is 416 g/mol. The summed E-state index contributed by atoms with van der Waals surface area (Å²) in [5.74, 6) is -0.653. The van der Waals surface area contributed by atoms with Gasteiger partial charge in [0.15, 0.2) is 5.13 Å². The lowest BCUT2D eigenvalue weighted by molar-refractivity contribution is 0.0531. The number of hydrogen-bond donors (Lipinski definition) is 2. The number of aromatic nitrogens is 2. The third-order valence-electron chi connectivity index (χ3n) is 3.94. The summed E-state index contributed by atoms with van der Waals surface area (Å²) in [5, 5.41) is 7.14. The van der Waals surface area contributed by atoms with Gasteiger partial charge in [-0.3, -0.25) is 4.79 Å². The van der Waals surface area contributed by atoms with E-state index >= 15 is 0 Å². The van der Waals surface area contributed by atoms with Crippen LogP contribution < -0.4 is 10.6 Å². The number of carbonyl (C=O) groups excluding carboxylic acids is 2. The highest BCUT2D eigenvalue weighted by molar-refractivity contribution is 7.18.